The Bertz CT molecular complexity index is 1470. The summed E-state index contributed by atoms with van der Waals surface area (Å²) < 4.78 is 18.8. The van der Waals surface area contributed by atoms with Crippen molar-refractivity contribution in [1.82, 2.24) is 13.7 Å². The number of esters is 3. The van der Waals surface area contributed by atoms with Gasteiger partial charge in [0, 0.05) is 0 Å². The van der Waals surface area contributed by atoms with Crippen molar-refractivity contribution >= 4 is 53.2 Å². The van der Waals surface area contributed by atoms with Gasteiger partial charge in [-0.1, -0.05) is 252 Å². The van der Waals surface area contributed by atoms with Crippen molar-refractivity contribution in [3.05, 3.63) is 31.5 Å². The molecule has 0 aromatic carbocycles. The Morgan fingerprint density at radius 2 is 0.467 bits per heavy atom. The first-order valence-electron chi connectivity index (χ1n) is 30.9. The second-order valence-corrected chi connectivity index (χ2v) is 24.2. The monoisotopic (exact) mass is 1110 g/mol. The normalized spacial score (nSPS) is 11.4. The molecule has 0 amide bonds. The highest BCUT2D eigenvalue weighted by atomic mass is 32.2. The number of ether oxygens (including phenoxy) is 3. The number of hydrogen-bond acceptors (Lipinski definition) is 12. The maximum absolute atomic E-state index is 13.6. The van der Waals surface area contributed by atoms with E-state index in [1.807, 2.05) is 0 Å². The van der Waals surface area contributed by atoms with Gasteiger partial charge >= 0.3 is 35.0 Å². The average molecular weight is 1110 g/mol. The van der Waals surface area contributed by atoms with Gasteiger partial charge in [-0.2, -0.15) is 35.3 Å². The highest BCUT2D eigenvalue weighted by Crippen LogP contribution is 2.17. The summed E-state index contributed by atoms with van der Waals surface area (Å²) in [6.45, 7) is 5.27. The molecule has 0 bridgehead atoms. The van der Waals surface area contributed by atoms with Gasteiger partial charge in [0.15, 0.2) is 0 Å². The summed E-state index contributed by atoms with van der Waals surface area (Å²) in [5.41, 5.74) is -2.66. The van der Waals surface area contributed by atoms with Crippen molar-refractivity contribution < 1.29 is 28.6 Å². The molecule has 0 unspecified atom stereocenters. The molecule has 1 aromatic heterocycles. The molecule has 0 atom stereocenters. The summed E-state index contributed by atoms with van der Waals surface area (Å²) in [7, 11) is 0. The Hall–Kier alpha value is -2.13. The molecule has 0 aliphatic heterocycles. The average Bonchev–Trinajstić information content (AvgIpc) is 3.40. The van der Waals surface area contributed by atoms with Gasteiger partial charge < -0.3 is 14.2 Å². The van der Waals surface area contributed by atoms with E-state index in [9.17, 15) is 28.8 Å². The Labute approximate surface area is 469 Å². The minimum atomic E-state index is -0.886. The zero-order valence-corrected chi connectivity index (χ0v) is 50.8. The molecule has 0 spiro atoms. The molecule has 1 rings (SSSR count). The third-order valence-corrected chi connectivity index (χ3v) is 17.0. The third-order valence-electron chi connectivity index (χ3n) is 14.0. The number of carbonyl (C=O) groups excluding carboxylic acids is 3. The van der Waals surface area contributed by atoms with Gasteiger partial charge in [0.05, 0.1) is 36.9 Å². The van der Waals surface area contributed by atoms with Crippen LogP contribution in [0, 0.1) is 0 Å². The Balaban J connectivity index is 2.57. The Morgan fingerprint density at radius 1 is 0.293 bits per heavy atom. The number of thioether (sulfide) groups is 3. The van der Waals surface area contributed by atoms with Crippen LogP contribution in [0.5, 0.6) is 0 Å². The van der Waals surface area contributed by atoms with E-state index in [2.05, 4.69) is 20.8 Å². The number of unbranched alkanes of at least 4 members (excludes halogenated alkanes) is 36. The van der Waals surface area contributed by atoms with Crippen LogP contribution in [0.1, 0.15) is 271 Å². The zero-order chi connectivity index (χ0) is 54.5. The number of carbonyl (C=O) groups is 3. The first kappa shape index (κ1) is 70.9. The van der Waals surface area contributed by atoms with E-state index in [-0.39, 0.29) is 56.7 Å². The topological polar surface area (TPSA) is 145 Å². The van der Waals surface area contributed by atoms with Crippen molar-refractivity contribution in [3.8, 4) is 0 Å². The van der Waals surface area contributed by atoms with Gasteiger partial charge in [-0.05, 0) is 36.5 Å². The minimum Gasteiger partial charge on any atom is -0.463 e. The highest BCUT2D eigenvalue weighted by molar-refractivity contribution is 8.00. The SMILES string of the molecule is CCCCCCCCCCCCCCCSCC(=O)OCCn1c(=O)n(CCOC(=O)CSCCCCCCCCCCCCCCC)c(=O)n(CCOC(=O)CSCCCCCCCCCCCCCCC)c1=O. The Kier molecular flexibility index (Phi) is 50.9. The lowest BCUT2D eigenvalue weighted by molar-refractivity contribution is -0.141. The van der Waals surface area contributed by atoms with Crippen molar-refractivity contribution in [3.63, 3.8) is 0 Å². The van der Waals surface area contributed by atoms with Gasteiger partial charge in [-0.15, -0.1) is 0 Å². The lowest BCUT2D eigenvalue weighted by Crippen LogP contribution is -2.55. The smallest absolute Gasteiger partial charge is 0.336 e. The number of rotatable bonds is 57. The molecule has 15 heteroatoms. The summed E-state index contributed by atoms with van der Waals surface area (Å²) in [6.07, 6.45) is 50.1. The van der Waals surface area contributed by atoms with E-state index in [1.54, 1.807) is 0 Å². The van der Waals surface area contributed by atoms with E-state index < -0.39 is 35.0 Å². The summed E-state index contributed by atoms with van der Waals surface area (Å²) in [5.74, 6) is 1.76. The van der Waals surface area contributed by atoms with Crippen LogP contribution in [0.4, 0.5) is 0 Å². The fraction of sp³-hybridized carbons (Fsp3) is 0.900. The molecular formula is C60H111N3O9S3. The largest absolute Gasteiger partial charge is 0.463 e. The Morgan fingerprint density at radius 3 is 0.653 bits per heavy atom. The van der Waals surface area contributed by atoms with Gasteiger partial charge in [-0.3, -0.25) is 14.4 Å². The highest BCUT2D eigenvalue weighted by Gasteiger charge is 2.18. The van der Waals surface area contributed by atoms with Crippen LogP contribution in [0.25, 0.3) is 0 Å². The minimum absolute atomic E-state index is 0.170. The van der Waals surface area contributed by atoms with Crippen LogP contribution < -0.4 is 17.1 Å². The predicted molar refractivity (Wildman–Crippen MR) is 321 cm³/mol. The fourth-order valence-electron chi connectivity index (χ4n) is 9.27. The second-order valence-electron chi connectivity index (χ2n) is 20.8. The van der Waals surface area contributed by atoms with Crippen LogP contribution in [-0.2, 0) is 48.2 Å². The molecule has 0 N–H and O–H groups in total. The third kappa shape index (κ3) is 42.5. The molecule has 0 saturated carbocycles. The summed E-state index contributed by atoms with van der Waals surface area (Å²) in [6, 6.07) is 0. The maximum Gasteiger partial charge on any atom is 0.336 e. The van der Waals surface area contributed by atoms with Gasteiger partial charge in [-0.25, -0.2) is 28.1 Å². The number of nitrogens with zero attached hydrogens (tertiary/aromatic N) is 3. The molecule has 0 aliphatic rings. The van der Waals surface area contributed by atoms with Crippen LogP contribution >= 0.6 is 35.3 Å². The zero-order valence-electron chi connectivity index (χ0n) is 48.3. The standard InChI is InChI=1S/C60H111N3O9S3/c1-4-7-10-13-16-19-22-25-28-31-34-37-40-49-73-52-55(64)70-46-43-61-58(67)62(44-47-71-56(65)53-74-50-41-38-35-32-29-26-23-20-17-14-11-8-5-2)60(69)63(59(61)68)45-48-72-57(66)54-75-51-42-39-36-33-30-27-24-21-18-15-12-9-6-3/h4-54H2,1-3H3. The van der Waals surface area contributed by atoms with Crippen LogP contribution in [-0.4, -0.2) is 85.9 Å². The number of aromatic nitrogens is 3. The van der Waals surface area contributed by atoms with E-state index in [1.165, 1.54) is 247 Å². The molecule has 1 heterocycles. The molecule has 0 fully saturated rings. The number of hydrogen-bond donors (Lipinski definition) is 0. The molecule has 0 aliphatic carbocycles. The van der Waals surface area contributed by atoms with E-state index in [4.69, 9.17) is 14.2 Å². The first-order valence-corrected chi connectivity index (χ1v) is 34.4. The fourth-order valence-corrected chi connectivity index (χ4v) is 11.7. The summed E-state index contributed by atoms with van der Waals surface area (Å²) in [4.78, 5) is 78.7. The van der Waals surface area contributed by atoms with E-state index in [0.29, 0.717) is 0 Å². The maximum atomic E-state index is 13.6. The van der Waals surface area contributed by atoms with Gasteiger partial charge in [0.25, 0.3) is 0 Å². The summed E-state index contributed by atoms with van der Waals surface area (Å²) in [5, 5.41) is 0. The molecule has 12 nitrogen and oxygen atoms in total. The van der Waals surface area contributed by atoms with Crippen molar-refractivity contribution in [2.24, 2.45) is 0 Å². The molecular weight excluding hydrogens is 1000 g/mol. The van der Waals surface area contributed by atoms with E-state index >= 15 is 0 Å². The van der Waals surface area contributed by atoms with Crippen molar-refractivity contribution in [2.75, 3.05) is 54.3 Å². The molecule has 438 valence electrons. The van der Waals surface area contributed by atoms with Crippen LogP contribution in [0.2, 0.25) is 0 Å². The van der Waals surface area contributed by atoms with Crippen LogP contribution in [0.15, 0.2) is 14.4 Å². The molecule has 75 heavy (non-hydrogen) atoms. The van der Waals surface area contributed by atoms with Gasteiger partial charge in [0.1, 0.15) is 19.8 Å². The molecule has 0 radical (unpaired) electrons. The first-order chi connectivity index (χ1) is 36.8. The van der Waals surface area contributed by atoms with Gasteiger partial charge in [0.2, 0.25) is 0 Å². The molecule has 0 saturated heterocycles. The van der Waals surface area contributed by atoms with Crippen molar-refractivity contribution in [1.29, 1.82) is 0 Å². The second kappa shape index (κ2) is 53.9. The molecule has 1 aromatic rings. The lowest BCUT2D eigenvalue weighted by Gasteiger charge is -2.14. The van der Waals surface area contributed by atoms with Crippen molar-refractivity contribution in [2.45, 2.75) is 291 Å². The summed E-state index contributed by atoms with van der Waals surface area (Å²) >= 11 is 4.54. The van der Waals surface area contributed by atoms with Crippen LogP contribution in [0.3, 0.4) is 0 Å². The predicted octanol–water partition coefficient (Wildman–Crippen LogP) is 15.3. The lowest BCUT2D eigenvalue weighted by atomic mass is 10.1. The van der Waals surface area contributed by atoms with E-state index in [0.717, 1.165) is 69.5 Å². The quantitative estimate of drug-likeness (QED) is 0.0348.